The fraction of sp³-hybridized carbons (Fsp3) is 0.542. The minimum absolute atomic E-state index is 0.0766. The molecule has 0 fully saturated rings. The Balaban J connectivity index is 1.56. The Morgan fingerprint density at radius 1 is 1.24 bits per heavy atom. The van der Waals surface area contributed by atoms with E-state index in [-0.39, 0.29) is 36.1 Å². The zero-order chi connectivity index (χ0) is 26.9. The van der Waals surface area contributed by atoms with Gasteiger partial charge in [-0.1, -0.05) is 45.0 Å². The molecule has 0 aliphatic carbocycles. The second-order valence-corrected chi connectivity index (χ2v) is 9.15. The molecule has 2 aromatic rings. The molecule has 12 nitrogen and oxygen atoms in total. The summed E-state index contributed by atoms with van der Waals surface area (Å²) in [5, 5.41) is 24.5. The third-order valence-electron chi connectivity index (χ3n) is 5.98. The van der Waals surface area contributed by atoms with E-state index in [0.29, 0.717) is 36.7 Å². The molecule has 13 heteroatoms. The van der Waals surface area contributed by atoms with Crippen LogP contribution in [0.3, 0.4) is 0 Å². The van der Waals surface area contributed by atoms with E-state index in [4.69, 9.17) is 14.1 Å². The highest BCUT2D eigenvalue weighted by atomic mass is 16.7. The molecule has 200 valence electrons. The molecule has 1 atom stereocenters. The van der Waals surface area contributed by atoms with E-state index in [9.17, 15) is 19.4 Å². The number of esters is 2. The van der Waals surface area contributed by atoms with Gasteiger partial charge in [-0.3, -0.25) is 9.59 Å². The van der Waals surface area contributed by atoms with Gasteiger partial charge >= 0.3 is 19.1 Å². The van der Waals surface area contributed by atoms with Crippen molar-refractivity contribution in [3.8, 4) is 5.75 Å². The van der Waals surface area contributed by atoms with Crippen LogP contribution in [-0.4, -0.2) is 63.8 Å². The molecule has 0 spiro atoms. The van der Waals surface area contributed by atoms with E-state index in [1.807, 2.05) is 27.7 Å². The summed E-state index contributed by atoms with van der Waals surface area (Å²) in [5.74, 6) is -2.37. The number of hydrogen-bond donors (Lipinski definition) is 3. The maximum atomic E-state index is 12.6. The first-order valence-electron chi connectivity index (χ1n) is 12.4. The van der Waals surface area contributed by atoms with Crippen molar-refractivity contribution in [2.45, 2.75) is 72.0 Å². The smallest absolute Gasteiger partial charge is 0.534 e. The highest BCUT2D eigenvalue weighted by Gasteiger charge is 2.38. The number of ether oxygens (including phenoxy) is 2. The van der Waals surface area contributed by atoms with Gasteiger partial charge in [0.1, 0.15) is 17.9 Å². The van der Waals surface area contributed by atoms with Crippen LogP contribution in [0, 0.1) is 5.92 Å². The normalized spacial score (nSPS) is 14.8. The van der Waals surface area contributed by atoms with Crippen molar-refractivity contribution in [2.24, 2.45) is 5.92 Å². The molecule has 1 amide bonds. The topological polar surface area (TPSA) is 154 Å². The van der Waals surface area contributed by atoms with Gasteiger partial charge in [-0.05, 0) is 30.9 Å². The Labute approximate surface area is 216 Å². The monoisotopic (exact) mass is 515 g/mol. The summed E-state index contributed by atoms with van der Waals surface area (Å²) < 4.78 is 17.2. The second-order valence-electron chi connectivity index (χ2n) is 9.15. The molecule has 0 saturated carbocycles. The standard InChI is InChI=1S/C24H34BN5O7/c1-5-16(6-2)23(32)35-14-36-24(33)19-9-7-8-17-10-20(25(34)37-22(17)19)27-21(31)13-30-12-18(28-29-30)11-26-15(3)4/h7-9,12,15-16,20,26,34H,5-6,10-11,13-14H2,1-4H3,(H,27,31)/t20-/m0/s1. The summed E-state index contributed by atoms with van der Waals surface area (Å²) in [6.45, 7) is 7.75. The largest absolute Gasteiger partial charge is 0.547 e. The molecule has 3 N–H and O–H groups in total. The van der Waals surface area contributed by atoms with E-state index in [2.05, 4.69) is 20.9 Å². The van der Waals surface area contributed by atoms with Crippen molar-refractivity contribution >= 4 is 25.0 Å². The van der Waals surface area contributed by atoms with Gasteiger partial charge in [0.15, 0.2) is 0 Å². The third-order valence-corrected chi connectivity index (χ3v) is 5.98. The van der Waals surface area contributed by atoms with Crippen LogP contribution in [0.5, 0.6) is 5.75 Å². The molecule has 0 bridgehead atoms. The van der Waals surface area contributed by atoms with Crippen LogP contribution in [0.15, 0.2) is 24.4 Å². The number of fused-ring (bicyclic) bond motifs is 1. The lowest BCUT2D eigenvalue weighted by Crippen LogP contribution is -2.53. The molecule has 1 aromatic carbocycles. The van der Waals surface area contributed by atoms with Crippen LogP contribution in [-0.2, 0) is 38.6 Å². The lowest BCUT2D eigenvalue weighted by Gasteiger charge is -2.29. The van der Waals surface area contributed by atoms with Crippen molar-refractivity contribution in [2.75, 3.05) is 6.79 Å². The molecule has 0 radical (unpaired) electrons. The molecular weight excluding hydrogens is 481 g/mol. The third kappa shape index (κ3) is 7.77. The van der Waals surface area contributed by atoms with Gasteiger partial charge in [0.05, 0.1) is 23.7 Å². The van der Waals surface area contributed by atoms with Crippen molar-refractivity contribution in [1.82, 2.24) is 25.6 Å². The minimum atomic E-state index is -1.39. The van der Waals surface area contributed by atoms with Crippen molar-refractivity contribution < 1.29 is 33.5 Å². The zero-order valence-corrected chi connectivity index (χ0v) is 21.6. The Morgan fingerprint density at radius 3 is 2.70 bits per heavy atom. The fourth-order valence-corrected chi connectivity index (χ4v) is 3.87. The molecule has 37 heavy (non-hydrogen) atoms. The van der Waals surface area contributed by atoms with Gasteiger partial charge in [0.2, 0.25) is 12.7 Å². The number of carbonyl (C=O) groups excluding carboxylic acids is 3. The summed E-state index contributed by atoms with van der Waals surface area (Å²) in [6.07, 6.45) is 3.18. The van der Waals surface area contributed by atoms with Crippen LogP contribution >= 0.6 is 0 Å². The van der Waals surface area contributed by atoms with E-state index in [1.54, 1.807) is 18.3 Å². The fourth-order valence-electron chi connectivity index (χ4n) is 3.87. The zero-order valence-electron chi connectivity index (χ0n) is 21.6. The predicted octanol–water partition coefficient (Wildman–Crippen LogP) is 1.01. The lowest BCUT2D eigenvalue weighted by atomic mass is 9.72. The van der Waals surface area contributed by atoms with Crippen LogP contribution in [0.1, 0.15) is 62.2 Å². The number of hydrogen-bond acceptors (Lipinski definition) is 10. The van der Waals surface area contributed by atoms with Gasteiger partial charge in [0, 0.05) is 12.6 Å². The van der Waals surface area contributed by atoms with E-state index in [0.717, 1.165) is 0 Å². The number of aromatic nitrogens is 3. The van der Waals surface area contributed by atoms with Gasteiger partial charge < -0.3 is 29.8 Å². The lowest BCUT2D eigenvalue weighted by molar-refractivity contribution is -0.157. The molecule has 1 aliphatic heterocycles. The first-order valence-corrected chi connectivity index (χ1v) is 12.4. The summed E-state index contributed by atoms with van der Waals surface area (Å²) in [4.78, 5) is 37.1. The van der Waals surface area contributed by atoms with E-state index >= 15 is 0 Å². The van der Waals surface area contributed by atoms with Crippen LogP contribution < -0.4 is 15.3 Å². The van der Waals surface area contributed by atoms with E-state index < -0.39 is 31.8 Å². The van der Waals surface area contributed by atoms with E-state index in [1.165, 1.54) is 10.7 Å². The number of carbonyl (C=O) groups is 3. The molecular formula is C24H34BN5O7. The average molecular weight is 515 g/mol. The maximum Gasteiger partial charge on any atom is 0.547 e. The van der Waals surface area contributed by atoms with Crippen molar-refractivity contribution in [3.05, 3.63) is 41.2 Å². The van der Waals surface area contributed by atoms with Gasteiger partial charge in [-0.15, -0.1) is 5.10 Å². The molecule has 1 aliphatic rings. The molecule has 1 aromatic heterocycles. The molecule has 3 rings (SSSR count). The summed E-state index contributed by atoms with van der Waals surface area (Å²) in [7, 11) is -1.39. The quantitative estimate of drug-likeness (QED) is 0.212. The maximum absolute atomic E-state index is 12.6. The Bertz CT molecular complexity index is 1090. The second kappa shape index (κ2) is 13.2. The highest BCUT2D eigenvalue weighted by molar-refractivity contribution is 6.47. The number of nitrogens with one attached hydrogen (secondary N) is 2. The Morgan fingerprint density at radius 2 is 2.00 bits per heavy atom. The SMILES string of the molecule is CCC(CC)C(=O)OCOC(=O)c1cccc2c1OB(O)[C@@H](NC(=O)Cn1cc(CNC(C)C)nn1)C2. The van der Waals surface area contributed by atoms with Crippen LogP contribution in [0.4, 0.5) is 0 Å². The molecule has 0 saturated heterocycles. The Kier molecular flexibility index (Phi) is 10.0. The van der Waals surface area contributed by atoms with Gasteiger partial charge in [-0.25, -0.2) is 9.48 Å². The number of para-hydroxylation sites is 1. The predicted molar refractivity (Wildman–Crippen MR) is 133 cm³/mol. The summed E-state index contributed by atoms with van der Waals surface area (Å²) in [5.41, 5.74) is 1.41. The highest BCUT2D eigenvalue weighted by Crippen LogP contribution is 2.30. The number of nitrogens with zero attached hydrogens (tertiary/aromatic N) is 3. The minimum Gasteiger partial charge on any atom is -0.534 e. The number of benzene rings is 1. The van der Waals surface area contributed by atoms with Crippen molar-refractivity contribution in [3.63, 3.8) is 0 Å². The molecule has 2 heterocycles. The van der Waals surface area contributed by atoms with Crippen LogP contribution in [0.2, 0.25) is 0 Å². The summed E-state index contributed by atoms with van der Waals surface area (Å²) in [6, 6.07) is 5.17. The van der Waals surface area contributed by atoms with Crippen molar-refractivity contribution in [1.29, 1.82) is 0 Å². The van der Waals surface area contributed by atoms with Gasteiger partial charge in [0.25, 0.3) is 0 Å². The first-order chi connectivity index (χ1) is 17.7. The number of rotatable bonds is 12. The van der Waals surface area contributed by atoms with Crippen LogP contribution in [0.25, 0.3) is 0 Å². The average Bonchev–Trinajstić information content (AvgIpc) is 3.30. The summed E-state index contributed by atoms with van der Waals surface area (Å²) >= 11 is 0. The molecule has 0 unspecified atom stereocenters. The number of amides is 1. The van der Waals surface area contributed by atoms with Gasteiger partial charge in [-0.2, -0.15) is 0 Å². The first kappa shape index (κ1) is 28.1. The Hall–Kier alpha value is -3.45.